The van der Waals surface area contributed by atoms with Gasteiger partial charge in [0.05, 0.1) is 22.7 Å². The van der Waals surface area contributed by atoms with E-state index in [1.54, 1.807) is 0 Å². The minimum atomic E-state index is -3.00. The van der Waals surface area contributed by atoms with E-state index in [1.165, 1.54) is 0 Å². The number of hydrogen-bond acceptors (Lipinski definition) is 4. The molecule has 2 aliphatic rings. The molecule has 23 heavy (non-hydrogen) atoms. The third-order valence-electron chi connectivity index (χ3n) is 5.24. The van der Waals surface area contributed by atoms with Gasteiger partial charge in [-0.15, -0.1) is 0 Å². The Morgan fingerprint density at radius 3 is 2.43 bits per heavy atom. The fraction of sp³-hybridized carbons (Fsp3) is 0.667. The Morgan fingerprint density at radius 2 is 1.78 bits per heavy atom. The van der Waals surface area contributed by atoms with Gasteiger partial charge in [0.2, 0.25) is 0 Å². The molecule has 0 amide bonds. The van der Waals surface area contributed by atoms with Gasteiger partial charge in [0, 0.05) is 6.61 Å². The molecule has 0 radical (unpaired) electrons. The maximum absolute atomic E-state index is 12.3. The second-order valence-electron chi connectivity index (χ2n) is 7.04. The lowest BCUT2D eigenvalue weighted by molar-refractivity contribution is -0.00817. The molecule has 2 unspecified atom stereocenters. The van der Waals surface area contributed by atoms with Gasteiger partial charge < -0.3 is 9.84 Å². The Bertz CT molecular complexity index is 591. The van der Waals surface area contributed by atoms with Crippen molar-refractivity contribution in [1.29, 1.82) is 0 Å². The molecule has 2 atom stereocenters. The van der Waals surface area contributed by atoms with Crippen molar-refractivity contribution in [3.63, 3.8) is 0 Å². The number of ether oxygens (including phenoxy) is 1. The highest BCUT2D eigenvalue weighted by Gasteiger charge is 2.49. The van der Waals surface area contributed by atoms with Crippen LogP contribution in [-0.4, -0.2) is 36.2 Å². The molecule has 4 nitrogen and oxygen atoms in total. The monoisotopic (exact) mass is 338 g/mol. The molecule has 0 aromatic heterocycles. The van der Waals surface area contributed by atoms with Crippen LogP contribution in [-0.2, 0) is 21.2 Å². The van der Waals surface area contributed by atoms with Crippen molar-refractivity contribution in [2.75, 3.05) is 6.61 Å². The number of aliphatic hydroxyl groups is 1. The van der Waals surface area contributed by atoms with Gasteiger partial charge in [-0.2, -0.15) is 0 Å². The van der Waals surface area contributed by atoms with Crippen LogP contribution < -0.4 is 0 Å². The van der Waals surface area contributed by atoms with Gasteiger partial charge in [0.1, 0.15) is 0 Å². The Balaban J connectivity index is 1.45. The van der Waals surface area contributed by atoms with Crippen molar-refractivity contribution in [2.45, 2.75) is 67.7 Å². The first-order valence-corrected chi connectivity index (χ1v) is 10.2. The van der Waals surface area contributed by atoms with Crippen LogP contribution in [0.4, 0.5) is 0 Å². The molecular weight excluding hydrogens is 312 g/mol. The summed E-state index contributed by atoms with van der Waals surface area (Å²) < 4.78 is 30.2. The zero-order valence-electron chi connectivity index (χ0n) is 13.5. The Hall–Kier alpha value is -0.910. The molecule has 5 heteroatoms. The second kappa shape index (κ2) is 6.91. The third-order valence-corrected chi connectivity index (χ3v) is 7.90. The van der Waals surface area contributed by atoms with Gasteiger partial charge in [-0.3, -0.25) is 0 Å². The van der Waals surface area contributed by atoms with Crippen molar-refractivity contribution >= 4 is 9.84 Å². The lowest BCUT2D eigenvalue weighted by Crippen LogP contribution is -2.51. The predicted molar refractivity (Wildman–Crippen MR) is 89.9 cm³/mol. The summed E-state index contributed by atoms with van der Waals surface area (Å²) in [5.41, 5.74) is 0.321. The van der Waals surface area contributed by atoms with Crippen LogP contribution in [0.3, 0.4) is 0 Å². The number of rotatable bonds is 6. The van der Waals surface area contributed by atoms with E-state index in [0.717, 1.165) is 18.4 Å². The minimum Gasteiger partial charge on any atom is -0.390 e. The van der Waals surface area contributed by atoms with Gasteiger partial charge in [0.15, 0.2) is 9.84 Å². The normalized spacial score (nSPS) is 32.6. The van der Waals surface area contributed by atoms with Crippen molar-refractivity contribution in [3.8, 4) is 0 Å². The van der Waals surface area contributed by atoms with E-state index in [0.29, 0.717) is 45.3 Å². The van der Waals surface area contributed by atoms with Gasteiger partial charge in [0.25, 0.3) is 0 Å². The van der Waals surface area contributed by atoms with Crippen LogP contribution in [0, 0.1) is 0 Å². The summed E-state index contributed by atoms with van der Waals surface area (Å²) in [7, 11) is -3.00. The van der Waals surface area contributed by atoms with E-state index in [4.69, 9.17) is 4.74 Å². The number of fused-ring (bicyclic) bond motifs is 2. The number of benzene rings is 1. The molecule has 128 valence electrons. The molecule has 2 fully saturated rings. The summed E-state index contributed by atoms with van der Waals surface area (Å²) in [5.74, 6) is 0. The average molecular weight is 338 g/mol. The number of sulfone groups is 1. The fourth-order valence-corrected chi connectivity index (χ4v) is 6.63. The van der Waals surface area contributed by atoms with E-state index in [-0.39, 0.29) is 10.5 Å². The molecule has 0 spiro atoms. The van der Waals surface area contributed by atoms with E-state index in [1.807, 2.05) is 30.3 Å². The minimum absolute atomic E-state index is 0.328. The Labute approximate surface area is 138 Å². The molecule has 2 aliphatic heterocycles. The highest BCUT2D eigenvalue weighted by Crippen LogP contribution is 2.43. The topological polar surface area (TPSA) is 63.6 Å². The van der Waals surface area contributed by atoms with Crippen LogP contribution in [0.15, 0.2) is 30.3 Å². The Morgan fingerprint density at radius 1 is 1.13 bits per heavy atom. The molecule has 0 aliphatic carbocycles. The van der Waals surface area contributed by atoms with Crippen LogP contribution in [0.1, 0.15) is 50.5 Å². The van der Waals surface area contributed by atoms with Crippen LogP contribution in [0.5, 0.6) is 0 Å². The van der Waals surface area contributed by atoms with Gasteiger partial charge in [-0.25, -0.2) is 8.42 Å². The van der Waals surface area contributed by atoms with Crippen molar-refractivity contribution < 1.29 is 18.3 Å². The quantitative estimate of drug-likeness (QED) is 0.810. The summed E-state index contributed by atoms with van der Waals surface area (Å²) in [6.45, 7) is 1.18. The molecular formula is C18H26O4S. The molecule has 2 heterocycles. The van der Waals surface area contributed by atoms with Crippen molar-refractivity contribution in [2.24, 2.45) is 0 Å². The SMILES string of the molecule is O=S1(=O)C2CCCC1CC(O)(CCCOCc1ccccc1)C2. The highest BCUT2D eigenvalue weighted by atomic mass is 32.2. The Kier molecular flexibility index (Phi) is 5.09. The molecule has 1 N–H and O–H groups in total. The van der Waals surface area contributed by atoms with E-state index >= 15 is 0 Å². The summed E-state index contributed by atoms with van der Waals surface area (Å²) in [6.07, 6.45) is 4.62. The van der Waals surface area contributed by atoms with Crippen LogP contribution in [0.2, 0.25) is 0 Å². The highest BCUT2D eigenvalue weighted by molar-refractivity contribution is 7.92. The fourth-order valence-electron chi connectivity index (χ4n) is 4.01. The van der Waals surface area contributed by atoms with Gasteiger partial charge in [-0.1, -0.05) is 36.8 Å². The number of hydrogen-bond donors (Lipinski definition) is 1. The van der Waals surface area contributed by atoms with Crippen molar-refractivity contribution in [3.05, 3.63) is 35.9 Å². The van der Waals surface area contributed by atoms with E-state index in [2.05, 4.69) is 0 Å². The zero-order chi connectivity index (χ0) is 16.3. The maximum Gasteiger partial charge on any atom is 0.156 e. The molecule has 2 bridgehead atoms. The second-order valence-corrected chi connectivity index (χ2v) is 9.55. The zero-order valence-corrected chi connectivity index (χ0v) is 14.3. The smallest absolute Gasteiger partial charge is 0.156 e. The lowest BCUT2D eigenvalue weighted by Gasteiger charge is -2.43. The molecule has 0 saturated carbocycles. The average Bonchev–Trinajstić information content (AvgIpc) is 2.50. The van der Waals surface area contributed by atoms with Gasteiger partial charge in [-0.05, 0) is 44.1 Å². The third kappa shape index (κ3) is 3.95. The largest absolute Gasteiger partial charge is 0.390 e. The molecule has 3 rings (SSSR count). The lowest BCUT2D eigenvalue weighted by atomic mass is 9.82. The summed E-state index contributed by atoms with van der Waals surface area (Å²) >= 11 is 0. The standard InChI is InChI=1S/C18H26O4S/c19-18(10-5-11-22-14-15-6-2-1-3-7-15)12-16-8-4-9-17(13-18)23(16,20)21/h1-3,6-7,16-17,19H,4-5,8-14H2. The summed E-state index contributed by atoms with van der Waals surface area (Å²) in [6, 6.07) is 10.0. The first kappa shape index (κ1) is 16.9. The molecule has 1 aromatic carbocycles. The predicted octanol–water partition coefficient (Wildman–Crippen LogP) is 2.84. The summed E-state index contributed by atoms with van der Waals surface area (Å²) in [4.78, 5) is 0. The van der Waals surface area contributed by atoms with Crippen LogP contribution in [0.25, 0.3) is 0 Å². The van der Waals surface area contributed by atoms with Gasteiger partial charge >= 0.3 is 0 Å². The van der Waals surface area contributed by atoms with E-state index < -0.39 is 15.4 Å². The first-order valence-electron chi connectivity index (χ1n) is 8.56. The summed E-state index contributed by atoms with van der Waals surface area (Å²) in [5, 5.41) is 10.1. The van der Waals surface area contributed by atoms with Crippen LogP contribution >= 0.6 is 0 Å². The molecule has 2 saturated heterocycles. The first-order chi connectivity index (χ1) is 11.0. The van der Waals surface area contributed by atoms with E-state index in [9.17, 15) is 13.5 Å². The maximum atomic E-state index is 12.3. The molecule has 1 aromatic rings. The van der Waals surface area contributed by atoms with Crippen molar-refractivity contribution in [1.82, 2.24) is 0 Å².